The summed E-state index contributed by atoms with van der Waals surface area (Å²) in [5.74, 6) is -3.27. The van der Waals surface area contributed by atoms with Crippen LogP contribution in [0.4, 0.5) is 13.2 Å². The summed E-state index contributed by atoms with van der Waals surface area (Å²) in [4.78, 5) is 11.1. The lowest BCUT2D eigenvalue weighted by Gasteiger charge is -2.28. The molecule has 0 fully saturated rings. The van der Waals surface area contributed by atoms with Crippen molar-refractivity contribution in [2.24, 2.45) is 0 Å². The fraction of sp³-hybridized carbons (Fsp3) is 0.533. The maximum absolute atomic E-state index is 13.1. The van der Waals surface area contributed by atoms with E-state index in [4.69, 9.17) is 5.11 Å². The van der Waals surface area contributed by atoms with Gasteiger partial charge < -0.3 is 15.3 Å². The zero-order chi connectivity index (χ0) is 17.5. The van der Waals surface area contributed by atoms with Crippen LogP contribution in [0.5, 0.6) is 5.75 Å². The number of phenols is 1. The van der Waals surface area contributed by atoms with Gasteiger partial charge in [0.05, 0.1) is 0 Å². The first-order chi connectivity index (χ1) is 9.84. The van der Waals surface area contributed by atoms with Crippen molar-refractivity contribution >= 4 is 5.97 Å². The molecule has 0 amide bonds. The number of carbonyl (C=O) groups is 1. The molecule has 0 spiro atoms. The van der Waals surface area contributed by atoms with Gasteiger partial charge in [0, 0.05) is 5.56 Å². The molecule has 1 atom stereocenters. The number of benzene rings is 1. The fourth-order valence-electron chi connectivity index (χ4n) is 2.18. The lowest BCUT2D eigenvalue weighted by Crippen LogP contribution is -2.49. The van der Waals surface area contributed by atoms with E-state index >= 15 is 0 Å². The number of hydrogen-bond donors (Lipinski definition) is 3. The molecule has 0 unspecified atom stereocenters. The number of phenolic OH excluding ortho intramolecular Hbond substituents is 1. The van der Waals surface area contributed by atoms with Crippen LogP contribution in [0.2, 0.25) is 0 Å². The third kappa shape index (κ3) is 2.90. The molecule has 0 aromatic heterocycles. The highest BCUT2D eigenvalue weighted by molar-refractivity contribution is 5.80. The van der Waals surface area contributed by atoms with E-state index in [1.165, 1.54) is 0 Å². The Morgan fingerprint density at radius 3 is 1.64 bits per heavy atom. The van der Waals surface area contributed by atoms with Gasteiger partial charge in [-0.25, -0.2) is 4.79 Å². The molecule has 1 aromatic rings. The summed E-state index contributed by atoms with van der Waals surface area (Å²) in [6.07, 6.45) is -5.39. The first-order valence-corrected chi connectivity index (χ1v) is 6.73. The molecule has 0 saturated carbocycles. The van der Waals surface area contributed by atoms with Crippen molar-refractivity contribution in [2.45, 2.75) is 51.3 Å². The number of carboxylic acid groups (broad SMARTS) is 1. The van der Waals surface area contributed by atoms with Crippen molar-refractivity contribution in [1.29, 1.82) is 0 Å². The number of halogens is 3. The van der Waals surface area contributed by atoms with E-state index in [0.29, 0.717) is 0 Å². The summed E-state index contributed by atoms with van der Waals surface area (Å²) < 4.78 is 39.3. The number of carboxylic acids is 1. The van der Waals surface area contributed by atoms with Gasteiger partial charge in [-0.15, -0.1) is 0 Å². The first kappa shape index (κ1) is 18.3. The summed E-state index contributed by atoms with van der Waals surface area (Å²) in [6, 6.07) is 1.79. The van der Waals surface area contributed by atoms with Crippen molar-refractivity contribution in [2.75, 3.05) is 0 Å². The van der Waals surface area contributed by atoms with E-state index in [9.17, 15) is 28.2 Å². The Kier molecular flexibility index (Phi) is 4.82. The second-order valence-electron chi connectivity index (χ2n) is 5.83. The monoisotopic (exact) mass is 320 g/mol. The third-order valence-corrected chi connectivity index (χ3v) is 3.55. The van der Waals surface area contributed by atoms with Crippen LogP contribution in [0.15, 0.2) is 12.1 Å². The number of aliphatic hydroxyl groups is 1. The van der Waals surface area contributed by atoms with Crippen LogP contribution >= 0.6 is 0 Å². The van der Waals surface area contributed by atoms with Crippen LogP contribution in [-0.4, -0.2) is 27.5 Å². The Morgan fingerprint density at radius 2 is 1.41 bits per heavy atom. The minimum absolute atomic E-state index is 0.158. The van der Waals surface area contributed by atoms with Crippen molar-refractivity contribution < 1.29 is 33.3 Å². The summed E-state index contributed by atoms with van der Waals surface area (Å²) in [7, 11) is 0. The lowest BCUT2D eigenvalue weighted by atomic mass is 9.85. The van der Waals surface area contributed by atoms with Gasteiger partial charge in [-0.1, -0.05) is 27.7 Å². The van der Waals surface area contributed by atoms with Gasteiger partial charge in [0.25, 0.3) is 5.60 Å². The highest BCUT2D eigenvalue weighted by Gasteiger charge is 2.61. The Labute approximate surface area is 126 Å². The van der Waals surface area contributed by atoms with E-state index < -0.39 is 23.3 Å². The van der Waals surface area contributed by atoms with Gasteiger partial charge in [0.15, 0.2) is 0 Å². The SMILES string of the molecule is CC(C)c1cc([C@](O)(C(=O)O)C(F)(F)F)cc(C(C)C)c1O. The van der Waals surface area contributed by atoms with E-state index in [1.54, 1.807) is 27.7 Å². The minimum atomic E-state index is -5.39. The largest absolute Gasteiger partial charge is 0.507 e. The third-order valence-electron chi connectivity index (χ3n) is 3.55. The van der Waals surface area contributed by atoms with Crippen molar-refractivity contribution in [1.82, 2.24) is 0 Å². The quantitative estimate of drug-likeness (QED) is 0.794. The topological polar surface area (TPSA) is 77.8 Å². The van der Waals surface area contributed by atoms with Crippen LogP contribution in [0, 0.1) is 0 Å². The molecule has 7 heteroatoms. The normalized spacial score (nSPS) is 15.2. The molecule has 0 saturated heterocycles. The molecular formula is C15H19F3O4. The van der Waals surface area contributed by atoms with Gasteiger partial charge in [0.1, 0.15) is 5.75 Å². The Hall–Kier alpha value is -1.76. The average molecular weight is 320 g/mol. The number of aromatic hydroxyl groups is 1. The predicted octanol–water partition coefficient (Wildman–Crippen LogP) is 3.47. The van der Waals surface area contributed by atoms with Crippen LogP contribution < -0.4 is 0 Å². The maximum Gasteiger partial charge on any atom is 0.432 e. The summed E-state index contributed by atoms with van der Waals surface area (Å²) in [5, 5.41) is 28.9. The molecule has 0 radical (unpaired) electrons. The van der Waals surface area contributed by atoms with Crippen molar-refractivity contribution in [3.63, 3.8) is 0 Å². The molecule has 0 aliphatic heterocycles. The zero-order valence-electron chi connectivity index (χ0n) is 12.7. The summed E-state index contributed by atoms with van der Waals surface area (Å²) in [5.41, 5.74) is -4.51. The Balaban J connectivity index is 3.76. The number of alkyl halides is 3. The van der Waals surface area contributed by atoms with Gasteiger partial charge in [-0.3, -0.25) is 0 Å². The molecule has 124 valence electrons. The molecular weight excluding hydrogens is 301 g/mol. The van der Waals surface area contributed by atoms with Gasteiger partial charge in [-0.2, -0.15) is 13.2 Å². The van der Waals surface area contributed by atoms with Crippen LogP contribution in [0.1, 0.15) is 56.2 Å². The second kappa shape index (κ2) is 5.79. The number of aliphatic carboxylic acids is 1. The maximum atomic E-state index is 13.1. The second-order valence-corrected chi connectivity index (χ2v) is 5.83. The first-order valence-electron chi connectivity index (χ1n) is 6.73. The Morgan fingerprint density at radius 1 is 1.05 bits per heavy atom. The van der Waals surface area contributed by atoms with E-state index in [2.05, 4.69) is 0 Å². The highest BCUT2D eigenvalue weighted by atomic mass is 19.4. The molecule has 4 nitrogen and oxygen atoms in total. The fourth-order valence-corrected chi connectivity index (χ4v) is 2.18. The molecule has 0 heterocycles. The standard InChI is InChI=1S/C15H19F3O4/c1-7(2)10-5-9(6-11(8(3)4)12(10)19)14(22,13(20)21)15(16,17)18/h5-8,19,22H,1-4H3,(H,20,21)/t14-/m0/s1. The van der Waals surface area contributed by atoms with Gasteiger partial charge in [-0.05, 0) is 35.1 Å². The molecule has 22 heavy (non-hydrogen) atoms. The highest BCUT2D eigenvalue weighted by Crippen LogP contribution is 2.43. The van der Waals surface area contributed by atoms with Crippen molar-refractivity contribution in [3.05, 3.63) is 28.8 Å². The molecule has 1 rings (SSSR count). The molecule has 0 aliphatic rings. The smallest absolute Gasteiger partial charge is 0.432 e. The predicted molar refractivity (Wildman–Crippen MR) is 73.9 cm³/mol. The van der Waals surface area contributed by atoms with E-state index in [0.717, 1.165) is 12.1 Å². The zero-order valence-corrected chi connectivity index (χ0v) is 12.7. The number of rotatable bonds is 4. The summed E-state index contributed by atoms with van der Waals surface area (Å²) >= 11 is 0. The molecule has 1 aromatic carbocycles. The van der Waals surface area contributed by atoms with Gasteiger partial charge >= 0.3 is 12.1 Å². The average Bonchev–Trinajstić information content (AvgIpc) is 2.35. The summed E-state index contributed by atoms with van der Waals surface area (Å²) in [6.45, 7) is 6.60. The van der Waals surface area contributed by atoms with Crippen LogP contribution in [0.3, 0.4) is 0 Å². The van der Waals surface area contributed by atoms with Crippen LogP contribution in [-0.2, 0) is 10.4 Å². The Bertz CT molecular complexity index is 550. The molecule has 0 bridgehead atoms. The minimum Gasteiger partial charge on any atom is -0.507 e. The van der Waals surface area contributed by atoms with Crippen molar-refractivity contribution in [3.8, 4) is 5.75 Å². The van der Waals surface area contributed by atoms with E-state index in [-0.39, 0.29) is 28.7 Å². The van der Waals surface area contributed by atoms with Crippen LogP contribution in [0.25, 0.3) is 0 Å². The molecule has 3 N–H and O–H groups in total. The lowest BCUT2D eigenvalue weighted by molar-refractivity contribution is -0.265. The molecule has 0 aliphatic carbocycles. The van der Waals surface area contributed by atoms with Gasteiger partial charge in [0.2, 0.25) is 0 Å². The number of hydrogen-bond acceptors (Lipinski definition) is 3. The van der Waals surface area contributed by atoms with E-state index in [1.807, 2.05) is 0 Å².